The van der Waals surface area contributed by atoms with Gasteiger partial charge >= 0.3 is 5.97 Å². The molecule has 136 valence electrons. The number of rotatable bonds is 8. The van der Waals surface area contributed by atoms with Crippen LogP contribution in [0.2, 0.25) is 0 Å². The zero-order valence-corrected chi connectivity index (χ0v) is 15.3. The summed E-state index contributed by atoms with van der Waals surface area (Å²) in [4.78, 5) is 45.4. The summed E-state index contributed by atoms with van der Waals surface area (Å²) in [7, 11) is 0. The fourth-order valence-electron chi connectivity index (χ4n) is 1.74. The van der Waals surface area contributed by atoms with E-state index in [4.69, 9.17) is 4.74 Å². The summed E-state index contributed by atoms with van der Waals surface area (Å²) in [5.74, 6) is -1.88. The molecule has 1 aromatic carbocycles. The van der Waals surface area contributed by atoms with Gasteiger partial charge in [0.15, 0.2) is 6.61 Å². The molecule has 2 N–H and O–H groups in total. The Balaban J connectivity index is 2.56. The number of hydrogen-bond donors (Lipinski definition) is 2. The van der Waals surface area contributed by atoms with E-state index in [1.807, 2.05) is 6.92 Å². The summed E-state index contributed by atoms with van der Waals surface area (Å²) in [5.41, 5.74) is -0.350. The number of hydrogen-bond acceptors (Lipinski definition) is 6. The molecule has 0 radical (unpaired) electrons. The number of benzene rings is 1. The van der Waals surface area contributed by atoms with E-state index in [0.29, 0.717) is 6.54 Å². The molecule has 0 aliphatic carbocycles. The molecule has 0 heterocycles. The van der Waals surface area contributed by atoms with Crippen molar-refractivity contribution >= 4 is 39.4 Å². The van der Waals surface area contributed by atoms with Crippen molar-refractivity contribution in [3.8, 4) is 0 Å². The largest absolute Gasteiger partial charge is 0.452 e. The maximum absolute atomic E-state index is 11.9. The molecule has 0 aromatic heterocycles. The van der Waals surface area contributed by atoms with E-state index in [2.05, 4.69) is 26.6 Å². The van der Waals surface area contributed by atoms with Gasteiger partial charge in [0.25, 0.3) is 11.6 Å². The Morgan fingerprint density at radius 1 is 1.36 bits per heavy atom. The van der Waals surface area contributed by atoms with Crippen LogP contribution in [-0.2, 0) is 14.3 Å². The number of ether oxygens (including phenoxy) is 1. The summed E-state index contributed by atoms with van der Waals surface area (Å²) in [6, 6.07) is 2.95. The standard InChI is InChI=1S/C15H18BrN3O6/c1-3-6-17-14(21)9(2)18-13(20)8-25-15(22)10-4-5-11(16)12(7-10)19(23)24/h4-5,7,9H,3,6,8H2,1-2H3,(H,17,21)(H,18,20)/t9-/m1/s1. The molecule has 9 nitrogen and oxygen atoms in total. The van der Waals surface area contributed by atoms with Crippen molar-refractivity contribution in [2.45, 2.75) is 26.3 Å². The summed E-state index contributed by atoms with van der Waals surface area (Å²) in [5, 5.41) is 15.9. The van der Waals surface area contributed by atoms with Crippen LogP contribution in [0, 0.1) is 10.1 Å². The molecule has 0 fully saturated rings. The molecule has 0 aliphatic heterocycles. The smallest absolute Gasteiger partial charge is 0.338 e. The number of halogens is 1. The van der Waals surface area contributed by atoms with Gasteiger partial charge in [-0.15, -0.1) is 0 Å². The van der Waals surface area contributed by atoms with E-state index in [0.717, 1.165) is 12.5 Å². The van der Waals surface area contributed by atoms with Crippen LogP contribution in [-0.4, -0.2) is 41.9 Å². The van der Waals surface area contributed by atoms with Crippen LogP contribution in [0.4, 0.5) is 5.69 Å². The van der Waals surface area contributed by atoms with Crippen LogP contribution in [0.1, 0.15) is 30.6 Å². The molecule has 1 atom stereocenters. The van der Waals surface area contributed by atoms with Gasteiger partial charge < -0.3 is 15.4 Å². The molecular formula is C15H18BrN3O6. The third-order valence-corrected chi connectivity index (χ3v) is 3.70. The fraction of sp³-hybridized carbons (Fsp3) is 0.400. The third-order valence-electron chi connectivity index (χ3n) is 3.03. The highest BCUT2D eigenvalue weighted by Gasteiger charge is 2.19. The van der Waals surface area contributed by atoms with E-state index in [1.165, 1.54) is 19.1 Å². The summed E-state index contributed by atoms with van der Waals surface area (Å²) in [6.07, 6.45) is 0.767. The minimum absolute atomic E-state index is 0.0589. The molecule has 0 unspecified atom stereocenters. The van der Waals surface area contributed by atoms with Crippen LogP contribution in [0.15, 0.2) is 22.7 Å². The zero-order valence-electron chi connectivity index (χ0n) is 13.7. The summed E-state index contributed by atoms with van der Waals surface area (Å²) in [6.45, 7) is 3.29. The van der Waals surface area contributed by atoms with Crippen molar-refractivity contribution in [3.63, 3.8) is 0 Å². The lowest BCUT2D eigenvalue weighted by molar-refractivity contribution is -0.385. The molecule has 0 saturated heterocycles. The maximum Gasteiger partial charge on any atom is 0.338 e. The van der Waals surface area contributed by atoms with Gasteiger partial charge in [0.1, 0.15) is 6.04 Å². The average Bonchev–Trinajstić information content (AvgIpc) is 2.57. The highest BCUT2D eigenvalue weighted by Crippen LogP contribution is 2.25. The number of esters is 1. The van der Waals surface area contributed by atoms with Gasteiger partial charge in [0, 0.05) is 12.6 Å². The number of carbonyl (C=O) groups excluding carboxylic acids is 3. The van der Waals surface area contributed by atoms with Crippen LogP contribution in [0.3, 0.4) is 0 Å². The first-order valence-electron chi connectivity index (χ1n) is 7.44. The van der Waals surface area contributed by atoms with Gasteiger partial charge in [-0.25, -0.2) is 4.79 Å². The molecule has 25 heavy (non-hydrogen) atoms. The molecule has 0 spiro atoms. The van der Waals surface area contributed by atoms with Crippen LogP contribution >= 0.6 is 15.9 Å². The average molecular weight is 416 g/mol. The van der Waals surface area contributed by atoms with Crippen molar-refractivity contribution in [1.82, 2.24) is 10.6 Å². The Hall–Kier alpha value is -2.49. The van der Waals surface area contributed by atoms with E-state index in [9.17, 15) is 24.5 Å². The first-order chi connectivity index (χ1) is 11.8. The van der Waals surface area contributed by atoms with Gasteiger partial charge in [-0.3, -0.25) is 19.7 Å². The van der Waals surface area contributed by atoms with Crippen molar-refractivity contribution < 1.29 is 24.0 Å². The first kappa shape index (κ1) is 20.6. The van der Waals surface area contributed by atoms with Crippen molar-refractivity contribution in [3.05, 3.63) is 38.3 Å². The Morgan fingerprint density at radius 2 is 2.04 bits per heavy atom. The topological polar surface area (TPSA) is 128 Å². The van der Waals surface area contributed by atoms with Gasteiger partial charge in [-0.05, 0) is 41.4 Å². The van der Waals surface area contributed by atoms with E-state index < -0.39 is 29.4 Å². The summed E-state index contributed by atoms with van der Waals surface area (Å²) < 4.78 is 5.03. The SMILES string of the molecule is CCCNC(=O)[C@@H](C)NC(=O)COC(=O)c1ccc(Br)c([N+](=O)[O-])c1. The predicted molar refractivity (Wildman–Crippen MR) is 92.0 cm³/mol. The second-order valence-electron chi connectivity index (χ2n) is 5.08. The minimum Gasteiger partial charge on any atom is -0.452 e. The molecule has 0 saturated carbocycles. The number of nitro benzene ring substituents is 1. The van der Waals surface area contributed by atoms with Crippen molar-refractivity contribution in [2.75, 3.05) is 13.2 Å². The van der Waals surface area contributed by atoms with Gasteiger partial charge in [-0.1, -0.05) is 6.92 Å². The normalized spacial score (nSPS) is 11.3. The van der Waals surface area contributed by atoms with Crippen molar-refractivity contribution in [1.29, 1.82) is 0 Å². The lowest BCUT2D eigenvalue weighted by Crippen LogP contribution is -2.46. The van der Waals surface area contributed by atoms with Crippen molar-refractivity contribution in [2.24, 2.45) is 0 Å². The second kappa shape index (κ2) is 9.72. The summed E-state index contributed by atoms with van der Waals surface area (Å²) >= 11 is 3.01. The Labute approximate surface area is 152 Å². The highest BCUT2D eigenvalue weighted by molar-refractivity contribution is 9.10. The maximum atomic E-state index is 11.9. The lowest BCUT2D eigenvalue weighted by Gasteiger charge is -2.13. The number of nitrogens with one attached hydrogen (secondary N) is 2. The first-order valence-corrected chi connectivity index (χ1v) is 8.23. The molecular weight excluding hydrogens is 398 g/mol. The number of nitro groups is 1. The van der Waals surface area contributed by atoms with Gasteiger partial charge in [-0.2, -0.15) is 0 Å². The van der Waals surface area contributed by atoms with Gasteiger partial charge in [0.05, 0.1) is 15.0 Å². The predicted octanol–water partition coefficient (Wildman–Crippen LogP) is 1.55. The molecule has 0 aliphatic rings. The number of carbonyl (C=O) groups is 3. The lowest BCUT2D eigenvalue weighted by atomic mass is 10.2. The van der Waals surface area contributed by atoms with Crippen LogP contribution < -0.4 is 10.6 Å². The molecule has 0 bridgehead atoms. The van der Waals surface area contributed by atoms with Crippen LogP contribution in [0.25, 0.3) is 0 Å². The van der Waals surface area contributed by atoms with Gasteiger partial charge in [0.2, 0.25) is 5.91 Å². The molecule has 10 heteroatoms. The molecule has 1 rings (SSSR count). The Bertz CT molecular complexity index is 679. The molecule has 1 aromatic rings. The molecule has 2 amide bonds. The quantitative estimate of drug-likeness (QED) is 0.376. The number of amides is 2. The third kappa shape index (κ3) is 6.49. The van der Waals surface area contributed by atoms with E-state index >= 15 is 0 Å². The fourth-order valence-corrected chi connectivity index (χ4v) is 2.14. The monoisotopic (exact) mass is 415 g/mol. The zero-order chi connectivity index (χ0) is 19.0. The van der Waals surface area contributed by atoms with Crippen LogP contribution in [0.5, 0.6) is 0 Å². The minimum atomic E-state index is -0.881. The number of nitrogens with zero attached hydrogens (tertiary/aromatic N) is 1. The van der Waals surface area contributed by atoms with E-state index in [1.54, 1.807) is 0 Å². The highest BCUT2D eigenvalue weighted by atomic mass is 79.9. The second-order valence-corrected chi connectivity index (χ2v) is 5.93. The van der Waals surface area contributed by atoms with E-state index in [-0.39, 0.29) is 21.6 Å². The Morgan fingerprint density at radius 3 is 2.64 bits per heavy atom. The Kier molecular flexibility index (Phi) is 7.99.